The molecule has 0 radical (unpaired) electrons. The van der Waals surface area contributed by atoms with Crippen molar-refractivity contribution in [2.45, 2.75) is 49.2 Å². The van der Waals surface area contributed by atoms with Crippen LogP contribution in [0.15, 0.2) is 84.9 Å². The number of amides is 1. The smallest absolute Gasteiger partial charge is 0.327 e. The molecule has 2 bridgehead atoms. The molecule has 0 aromatic heterocycles. The van der Waals surface area contributed by atoms with Crippen LogP contribution in [0.2, 0.25) is 0 Å². The molecular weight excluding hydrogens is 639 g/mol. The van der Waals surface area contributed by atoms with Gasteiger partial charge in [0.15, 0.2) is 6.04 Å². The third kappa shape index (κ3) is 4.15. The summed E-state index contributed by atoms with van der Waals surface area (Å²) in [5.41, 5.74) is 1.22. The zero-order valence-corrected chi connectivity index (χ0v) is 24.2. The minimum Gasteiger partial charge on any atom is -0.458 e. The number of carbonyl (C=O) groups is 2. The van der Waals surface area contributed by atoms with E-state index in [-0.39, 0.29) is 32.0 Å². The number of esters is 1. The Morgan fingerprint density at radius 2 is 1.59 bits per heavy atom. The number of nitrogens with zero attached hydrogens (tertiary/aromatic N) is 1. The Balaban J connectivity index is 1.34. The van der Waals surface area contributed by atoms with Crippen molar-refractivity contribution in [1.82, 2.24) is 10.4 Å². The second kappa shape index (κ2) is 10.4. The summed E-state index contributed by atoms with van der Waals surface area (Å²) in [5.74, 6) is -2.20. The number of fused-ring (bicyclic) bond motifs is 4. The minimum absolute atomic E-state index is 0.0553. The van der Waals surface area contributed by atoms with Crippen LogP contribution in [0.25, 0.3) is 0 Å². The maximum atomic E-state index is 14.0. The van der Waals surface area contributed by atoms with E-state index in [1.807, 2.05) is 84.9 Å². The molecule has 9 nitrogen and oxygen atoms in total. The Morgan fingerprint density at radius 3 is 2.24 bits per heavy atom. The fourth-order valence-corrected chi connectivity index (χ4v) is 7.38. The van der Waals surface area contributed by atoms with Crippen molar-refractivity contribution in [3.05, 3.63) is 105 Å². The lowest BCUT2D eigenvalue weighted by Gasteiger charge is -2.48. The molecule has 1 amide bonds. The van der Waals surface area contributed by atoms with Crippen LogP contribution in [0.3, 0.4) is 0 Å². The van der Waals surface area contributed by atoms with Crippen molar-refractivity contribution < 1.29 is 33.7 Å². The summed E-state index contributed by atoms with van der Waals surface area (Å²) in [5, 5.41) is 13.9. The normalized spacial score (nSPS) is 31.4. The van der Waals surface area contributed by atoms with E-state index in [0.717, 1.165) is 20.3 Å². The average Bonchev–Trinajstić information content (AvgIpc) is 3.58. The van der Waals surface area contributed by atoms with Gasteiger partial charge in [0.2, 0.25) is 11.7 Å². The largest absolute Gasteiger partial charge is 0.458 e. The summed E-state index contributed by atoms with van der Waals surface area (Å²) in [7, 11) is 0. The number of rotatable bonds is 7. The summed E-state index contributed by atoms with van der Waals surface area (Å²) in [6.45, 7) is 0.101. The second-order valence-corrected chi connectivity index (χ2v) is 12.0. The van der Waals surface area contributed by atoms with Gasteiger partial charge in [-0.2, -0.15) is 5.06 Å². The highest BCUT2D eigenvalue weighted by Gasteiger charge is 2.76. The first-order valence-corrected chi connectivity index (χ1v) is 14.8. The van der Waals surface area contributed by atoms with Crippen LogP contribution in [0.4, 0.5) is 0 Å². The molecule has 1 saturated carbocycles. The maximum absolute atomic E-state index is 14.0. The molecule has 0 spiro atoms. The van der Waals surface area contributed by atoms with Crippen LogP contribution in [0.5, 0.6) is 0 Å². The molecular formula is C31H29IN2O7. The first-order chi connectivity index (χ1) is 20.0. The fourth-order valence-electron chi connectivity index (χ4n) is 6.82. The van der Waals surface area contributed by atoms with E-state index < -0.39 is 47.6 Å². The van der Waals surface area contributed by atoms with Crippen LogP contribution in [0, 0.1) is 8.99 Å². The van der Waals surface area contributed by atoms with E-state index >= 15 is 0 Å². The zero-order chi connectivity index (χ0) is 28.2. The lowest BCUT2D eigenvalue weighted by molar-refractivity contribution is -0.213. The fraction of sp³-hybridized carbons (Fsp3) is 0.355. The number of aliphatic hydroxyl groups excluding tert-OH is 1. The lowest BCUT2D eigenvalue weighted by atomic mass is 9.62. The van der Waals surface area contributed by atoms with Gasteiger partial charge in [0.1, 0.15) is 29.8 Å². The molecule has 3 aromatic rings. The molecule has 3 aliphatic heterocycles. The van der Waals surface area contributed by atoms with Crippen molar-refractivity contribution in [2.75, 3.05) is 13.2 Å². The van der Waals surface area contributed by atoms with Gasteiger partial charge < -0.3 is 24.6 Å². The highest BCUT2D eigenvalue weighted by atomic mass is 127. The van der Waals surface area contributed by atoms with Crippen molar-refractivity contribution in [2.24, 2.45) is 5.41 Å². The molecule has 2 N–H and O–H groups in total. The number of hydroxylamine groups is 2. The highest BCUT2D eigenvalue weighted by Crippen LogP contribution is 2.59. The van der Waals surface area contributed by atoms with Gasteiger partial charge in [-0.05, 0) is 34.2 Å². The number of benzene rings is 3. The number of aliphatic hydroxyl groups is 1. The number of halogens is 1. The SMILES string of the molecule is O=C1O[C@@H]2C[C@@]3(C(=O)NCCO)[C@H](ON(Cc4ccccc4I)[C@@H]13)[C@H]1OC(c3ccccc3)(c3ccccc3)O[C@H]12. The summed E-state index contributed by atoms with van der Waals surface area (Å²) >= 11 is 2.25. The molecule has 4 fully saturated rings. The van der Waals surface area contributed by atoms with Gasteiger partial charge in [0.05, 0.1) is 13.2 Å². The highest BCUT2D eigenvalue weighted by molar-refractivity contribution is 14.1. The number of nitrogens with one attached hydrogen (secondary N) is 1. The van der Waals surface area contributed by atoms with E-state index in [4.69, 9.17) is 19.0 Å². The molecule has 6 atom stereocenters. The van der Waals surface area contributed by atoms with Gasteiger partial charge in [-0.25, -0.2) is 0 Å². The lowest BCUT2D eigenvalue weighted by Crippen LogP contribution is -2.69. The number of carbonyl (C=O) groups excluding carboxylic acids is 2. The molecule has 3 aromatic carbocycles. The second-order valence-electron chi connectivity index (χ2n) is 10.8. The van der Waals surface area contributed by atoms with Gasteiger partial charge in [-0.15, -0.1) is 0 Å². The van der Waals surface area contributed by atoms with Crippen molar-refractivity contribution >= 4 is 34.5 Å². The third-order valence-electron chi connectivity index (χ3n) is 8.57. The first kappa shape index (κ1) is 27.0. The average molecular weight is 668 g/mol. The van der Waals surface area contributed by atoms with E-state index in [1.165, 1.54) is 0 Å². The van der Waals surface area contributed by atoms with Gasteiger partial charge in [-0.3, -0.25) is 14.4 Å². The standard InChI is InChI=1S/C31H29IN2O7/c32-22-14-8-7-9-19(22)18-34-26-28(36)38-23-17-30(26,29(37)33-15-16-35)27(41-34)25-24(23)39-31(40-25,20-10-3-1-4-11-20)21-12-5-2-6-13-21/h1-14,23-27,35H,15-18H2,(H,33,37)/t23-,24+,25+,26+,27-,30+/m1/s1. The summed E-state index contributed by atoms with van der Waals surface area (Å²) in [6, 6.07) is 26.1. The van der Waals surface area contributed by atoms with Gasteiger partial charge >= 0.3 is 5.97 Å². The summed E-state index contributed by atoms with van der Waals surface area (Å²) < 4.78 is 20.8. The number of ether oxygens (including phenoxy) is 3. The molecule has 4 aliphatic rings. The Kier molecular flexibility index (Phi) is 6.87. The molecule has 3 heterocycles. The summed E-state index contributed by atoms with van der Waals surface area (Å²) in [6.07, 6.45) is -2.77. The molecule has 7 rings (SSSR count). The van der Waals surface area contributed by atoms with Gasteiger partial charge in [0, 0.05) is 27.7 Å². The summed E-state index contributed by atoms with van der Waals surface area (Å²) in [4.78, 5) is 34.4. The van der Waals surface area contributed by atoms with E-state index in [0.29, 0.717) is 0 Å². The Labute approximate surface area is 250 Å². The number of hydrogen-bond acceptors (Lipinski definition) is 8. The molecule has 212 valence electrons. The van der Waals surface area contributed by atoms with Gasteiger partial charge in [0.25, 0.3) is 0 Å². The van der Waals surface area contributed by atoms with E-state index in [1.54, 1.807) is 5.06 Å². The van der Waals surface area contributed by atoms with Crippen LogP contribution < -0.4 is 5.32 Å². The van der Waals surface area contributed by atoms with E-state index in [9.17, 15) is 14.7 Å². The van der Waals surface area contributed by atoms with E-state index in [2.05, 4.69) is 27.9 Å². The molecule has 0 unspecified atom stereocenters. The topological polar surface area (TPSA) is 107 Å². The Morgan fingerprint density at radius 1 is 0.951 bits per heavy atom. The van der Waals surface area contributed by atoms with Crippen LogP contribution >= 0.6 is 22.6 Å². The molecule has 10 heteroatoms. The first-order valence-electron chi connectivity index (χ1n) is 13.7. The van der Waals surface area contributed by atoms with Crippen molar-refractivity contribution in [1.29, 1.82) is 0 Å². The molecule has 41 heavy (non-hydrogen) atoms. The van der Waals surface area contributed by atoms with Crippen LogP contribution in [-0.2, 0) is 41.0 Å². The predicted molar refractivity (Wildman–Crippen MR) is 154 cm³/mol. The minimum atomic E-state index is -1.30. The number of hydrogen-bond donors (Lipinski definition) is 2. The van der Waals surface area contributed by atoms with Gasteiger partial charge in [-0.1, -0.05) is 78.9 Å². The van der Waals surface area contributed by atoms with Crippen LogP contribution in [0.1, 0.15) is 23.1 Å². The van der Waals surface area contributed by atoms with Crippen molar-refractivity contribution in [3.63, 3.8) is 0 Å². The quantitative estimate of drug-likeness (QED) is 0.293. The maximum Gasteiger partial charge on any atom is 0.327 e. The van der Waals surface area contributed by atoms with Crippen molar-refractivity contribution in [3.8, 4) is 0 Å². The molecule has 1 aliphatic carbocycles. The molecule has 3 saturated heterocycles. The predicted octanol–water partition coefficient (Wildman–Crippen LogP) is 2.88. The van der Waals surface area contributed by atoms with Crippen LogP contribution in [-0.4, -0.2) is 65.7 Å². The monoisotopic (exact) mass is 668 g/mol. The third-order valence-corrected chi connectivity index (χ3v) is 9.62. The Hall–Kier alpha value is -2.87. The zero-order valence-electron chi connectivity index (χ0n) is 22.0. The Bertz CT molecular complexity index is 1420.